The molecular weight excluding hydrogens is 338 g/mol. The Morgan fingerprint density at radius 1 is 1.04 bits per heavy atom. The molecule has 2 aromatic carbocycles. The van der Waals surface area contributed by atoms with Crippen molar-refractivity contribution in [2.24, 2.45) is 5.73 Å². The van der Waals surface area contributed by atoms with Crippen LogP contribution in [0.2, 0.25) is 0 Å². The highest BCUT2D eigenvalue weighted by atomic mass is 16.6. The average Bonchev–Trinajstić information content (AvgIpc) is 2.67. The summed E-state index contributed by atoms with van der Waals surface area (Å²) in [6.07, 6.45) is 0. The van der Waals surface area contributed by atoms with Gasteiger partial charge in [0, 0.05) is 11.1 Å². The van der Waals surface area contributed by atoms with E-state index < -0.39 is 11.9 Å². The molecule has 0 fully saturated rings. The molecule has 0 aliphatic heterocycles. The minimum absolute atomic E-state index is 0.0628. The molecule has 0 aromatic heterocycles. The maximum absolute atomic E-state index is 12.0. The van der Waals surface area contributed by atoms with Gasteiger partial charge in [-0.1, -0.05) is 24.3 Å². The van der Waals surface area contributed by atoms with Crippen molar-refractivity contribution in [3.05, 3.63) is 65.2 Å². The number of rotatable bonds is 8. The molecule has 0 heterocycles. The van der Waals surface area contributed by atoms with Crippen molar-refractivity contribution >= 4 is 17.7 Å². The molecule has 8 nitrogen and oxygen atoms in total. The number of hydroxylamine groups is 1. The van der Waals surface area contributed by atoms with Crippen LogP contribution >= 0.6 is 0 Å². The van der Waals surface area contributed by atoms with Gasteiger partial charge < -0.3 is 15.2 Å². The van der Waals surface area contributed by atoms with Crippen LogP contribution < -0.4 is 16.0 Å². The van der Waals surface area contributed by atoms with Crippen molar-refractivity contribution in [3.63, 3.8) is 0 Å². The van der Waals surface area contributed by atoms with E-state index in [2.05, 4.69) is 10.2 Å². The van der Waals surface area contributed by atoms with E-state index in [1.807, 2.05) is 0 Å². The quantitative estimate of drug-likeness (QED) is 0.284. The zero-order valence-electron chi connectivity index (χ0n) is 14.2. The molecule has 2 rings (SSSR count). The number of methoxy groups -OCH3 is 1. The SMILES string of the molecule is COC(=O)COc1ccc(CONC(=O)c2ccc(C(=N)N)cc2)cc1. The fourth-order valence-electron chi connectivity index (χ4n) is 1.93. The molecule has 0 bridgehead atoms. The lowest BCUT2D eigenvalue weighted by Crippen LogP contribution is -2.23. The van der Waals surface area contributed by atoms with Gasteiger partial charge in [0.2, 0.25) is 0 Å². The largest absolute Gasteiger partial charge is 0.482 e. The lowest BCUT2D eigenvalue weighted by Gasteiger charge is -2.08. The van der Waals surface area contributed by atoms with Gasteiger partial charge in [0.1, 0.15) is 11.6 Å². The highest BCUT2D eigenvalue weighted by molar-refractivity contribution is 5.97. The topological polar surface area (TPSA) is 124 Å². The highest BCUT2D eigenvalue weighted by Gasteiger charge is 2.07. The lowest BCUT2D eigenvalue weighted by molar-refractivity contribution is -0.142. The Bertz CT molecular complexity index is 772. The minimum Gasteiger partial charge on any atom is -0.482 e. The van der Waals surface area contributed by atoms with Crippen LogP contribution in [0.3, 0.4) is 0 Å². The number of amidine groups is 1. The van der Waals surface area contributed by atoms with E-state index in [-0.39, 0.29) is 19.0 Å². The van der Waals surface area contributed by atoms with Crippen LogP contribution in [-0.2, 0) is 21.0 Å². The predicted octanol–water partition coefficient (Wildman–Crippen LogP) is 1.38. The molecule has 0 unspecified atom stereocenters. The van der Waals surface area contributed by atoms with Gasteiger partial charge in [-0.2, -0.15) is 0 Å². The standard InChI is InChI=1S/C18H19N3O5/c1-24-16(22)11-25-15-8-2-12(3-9-15)10-26-21-18(23)14-6-4-13(5-7-14)17(19)20/h2-9H,10-11H2,1H3,(H3,19,20)(H,21,23). The Morgan fingerprint density at radius 3 is 2.23 bits per heavy atom. The second-order valence-electron chi connectivity index (χ2n) is 5.22. The zero-order valence-corrected chi connectivity index (χ0v) is 14.2. The van der Waals surface area contributed by atoms with Crippen LogP contribution in [0.1, 0.15) is 21.5 Å². The van der Waals surface area contributed by atoms with Gasteiger partial charge >= 0.3 is 5.97 Å². The molecule has 0 aliphatic rings. The summed E-state index contributed by atoms with van der Waals surface area (Å²) >= 11 is 0. The van der Waals surface area contributed by atoms with E-state index in [9.17, 15) is 9.59 Å². The summed E-state index contributed by atoms with van der Waals surface area (Å²) < 4.78 is 9.72. The smallest absolute Gasteiger partial charge is 0.343 e. The fraction of sp³-hybridized carbons (Fsp3) is 0.167. The number of amides is 1. The summed E-state index contributed by atoms with van der Waals surface area (Å²) in [5.41, 5.74) is 9.44. The number of hydrogen-bond donors (Lipinski definition) is 3. The van der Waals surface area contributed by atoms with Crippen molar-refractivity contribution in [2.75, 3.05) is 13.7 Å². The lowest BCUT2D eigenvalue weighted by atomic mass is 10.1. The molecule has 0 saturated carbocycles. The van der Waals surface area contributed by atoms with Crippen LogP contribution in [0.15, 0.2) is 48.5 Å². The number of ether oxygens (including phenoxy) is 2. The van der Waals surface area contributed by atoms with Crippen molar-refractivity contribution < 1.29 is 23.9 Å². The van der Waals surface area contributed by atoms with Crippen molar-refractivity contribution in [1.82, 2.24) is 5.48 Å². The molecule has 2 aromatic rings. The molecular formula is C18H19N3O5. The summed E-state index contributed by atoms with van der Waals surface area (Å²) in [4.78, 5) is 28.2. The number of nitrogen functional groups attached to an aromatic ring is 1. The molecule has 4 N–H and O–H groups in total. The van der Waals surface area contributed by atoms with Gasteiger partial charge in [-0.15, -0.1) is 0 Å². The van der Waals surface area contributed by atoms with Gasteiger partial charge in [0.05, 0.1) is 13.7 Å². The molecule has 0 radical (unpaired) electrons. The van der Waals surface area contributed by atoms with Crippen LogP contribution in [-0.4, -0.2) is 31.4 Å². The van der Waals surface area contributed by atoms with Crippen LogP contribution in [0.4, 0.5) is 0 Å². The maximum Gasteiger partial charge on any atom is 0.343 e. The monoisotopic (exact) mass is 357 g/mol. The summed E-state index contributed by atoms with van der Waals surface area (Å²) in [5, 5.41) is 7.31. The molecule has 136 valence electrons. The number of carbonyl (C=O) groups is 2. The first-order valence-electron chi connectivity index (χ1n) is 7.64. The van der Waals surface area contributed by atoms with Gasteiger partial charge in [-0.3, -0.25) is 15.0 Å². The first-order chi connectivity index (χ1) is 12.5. The first kappa shape index (κ1) is 18.9. The Labute approximate surface area is 150 Å². The summed E-state index contributed by atoms with van der Waals surface area (Å²) in [6.45, 7) is -0.000622. The van der Waals surface area contributed by atoms with E-state index in [1.54, 1.807) is 48.5 Å². The van der Waals surface area contributed by atoms with Gasteiger partial charge in [0.15, 0.2) is 6.61 Å². The number of nitrogens with two attached hydrogens (primary N) is 1. The third kappa shape index (κ3) is 5.60. The third-order valence-corrected chi connectivity index (χ3v) is 3.37. The molecule has 8 heteroatoms. The van der Waals surface area contributed by atoms with E-state index in [0.29, 0.717) is 16.9 Å². The normalized spacial score (nSPS) is 10.0. The Kier molecular flexibility index (Phi) is 6.69. The van der Waals surface area contributed by atoms with Crippen molar-refractivity contribution in [2.45, 2.75) is 6.61 Å². The van der Waals surface area contributed by atoms with E-state index in [1.165, 1.54) is 7.11 Å². The molecule has 0 spiro atoms. The van der Waals surface area contributed by atoms with Crippen molar-refractivity contribution in [1.29, 1.82) is 5.41 Å². The molecule has 0 saturated heterocycles. The van der Waals surface area contributed by atoms with E-state index >= 15 is 0 Å². The maximum atomic E-state index is 12.0. The highest BCUT2D eigenvalue weighted by Crippen LogP contribution is 2.13. The first-order valence-corrected chi connectivity index (χ1v) is 7.64. The van der Waals surface area contributed by atoms with Crippen LogP contribution in [0.25, 0.3) is 0 Å². The number of hydrogen-bond acceptors (Lipinski definition) is 6. The number of benzene rings is 2. The molecule has 0 atom stereocenters. The molecule has 26 heavy (non-hydrogen) atoms. The van der Waals surface area contributed by atoms with Crippen molar-refractivity contribution in [3.8, 4) is 5.75 Å². The van der Waals surface area contributed by atoms with Crippen LogP contribution in [0, 0.1) is 5.41 Å². The van der Waals surface area contributed by atoms with Gasteiger partial charge in [-0.05, 0) is 29.8 Å². The second-order valence-corrected chi connectivity index (χ2v) is 5.22. The van der Waals surface area contributed by atoms with E-state index in [0.717, 1.165) is 5.56 Å². The summed E-state index contributed by atoms with van der Waals surface area (Å²) in [5.74, 6) is -0.407. The summed E-state index contributed by atoms with van der Waals surface area (Å²) in [6, 6.07) is 13.2. The Hall–Kier alpha value is -3.39. The Morgan fingerprint density at radius 2 is 1.65 bits per heavy atom. The number of carbonyl (C=O) groups excluding carboxylic acids is 2. The molecule has 0 aliphatic carbocycles. The number of nitrogens with one attached hydrogen (secondary N) is 2. The van der Waals surface area contributed by atoms with Gasteiger partial charge in [0.25, 0.3) is 5.91 Å². The minimum atomic E-state index is -0.462. The number of esters is 1. The second kappa shape index (κ2) is 9.19. The third-order valence-electron chi connectivity index (χ3n) is 3.37. The van der Waals surface area contributed by atoms with Gasteiger partial charge in [-0.25, -0.2) is 10.3 Å². The molecule has 1 amide bonds. The van der Waals surface area contributed by atoms with Crippen LogP contribution in [0.5, 0.6) is 5.75 Å². The average molecular weight is 357 g/mol. The predicted molar refractivity (Wildman–Crippen MR) is 93.7 cm³/mol. The zero-order chi connectivity index (χ0) is 18.9. The Balaban J connectivity index is 1.79. The summed E-state index contributed by atoms with van der Waals surface area (Å²) in [7, 11) is 1.29. The van der Waals surface area contributed by atoms with E-state index in [4.69, 9.17) is 20.7 Å². The fourth-order valence-corrected chi connectivity index (χ4v) is 1.93.